The molecule has 1 amide bonds. The van der Waals surface area contributed by atoms with Crippen molar-refractivity contribution in [2.45, 2.75) is 57.9 Å². The highest BCUT2D eigenvalue weighted by Gasteiger charge is 2.32. The van der Waals surface area contributed by atoms with Crippen LogP contribution in [0.5, 0.6) is 0 Å². The van der Waals surface area contributed by atoms with E-state index in [1.165, 1.54) is 14.7 Å². The van der Waals surface area contributed by atoms with Gasteiger partial charge in [-0.25, -0.2) is 8.42 Å². The quantitative estimate of drug-likeness (QED) is 0.705. The Hall–Kier alpha value is -1.71. The number of nitrogens with zero attached hydrogens (tertiary/aromatic N) is 3. The van der Waals surface area contributed by atoms with Crippen LogP contribution >= 0.6 is 11.3 Å². The molecule has 0 atom stereocenters. The van der Waals surface area contributed by atoms with Crippen molar-refractivity contribution >= 4 is 27.3 Å². The van der Waals surface area contributed by atoms with Crippen molar-refractivity contribution in [1.82, 2.24) is 19.4 Å². The molecule has 1 aliphatic heterocycles. The lowest BCUT2D eigenvalue weighted by Gasteiger charge is -2.15. The van der Waals surface area contributed by atoms with Gasteiger partial charge >= 0.3 is 0 Å². The second-order valence-electron chi connectivity index (χ2n) is 7.21. The summed E-state index contributed by atoms with van der Waals surface area (Å²) in [5.74, 6) is -0.0503. The summed E-state index contributed by atoms with van der Waals surface area (Å²) in [4.78, 5) is 13.7. The monoisotopic (exact) mass is 424 g/mol. The number of aryl methyl sites for hydroxylation is 3. The van der Waals surface area contributed by atoms with Gasteiger partial charge < -0.3 is 5.32 Å². The highest BCUT2D eigenvalue weighted by molar-refractivity contribution is 7.89. The zero-order valence-electron chi connectivity index (χ0n) is 16.7. The van der Waals surface area contributed by atoms with Crippen molar-refractivity contribution in [1.29, 1.82) is 0 Å². The van der Waals surface area contributed by atoms with Gasteiger partial charge in [0, 0.05) is 30.9 Å². The summed E-state index contributed by atoms with van der Waals surface area (Å²) in [5, 5.41) is 9.38. The highest BCUT2D eigenvalue weighted by atomic mass is 32.2. The zero-order valence-corrected chi connectivity index (χ0v) is 18.3. The predicted octanol–water partition coefficient (Wildman–Crippen LogP) is 2.40. The van der Waals surface area contributed by atoms with E-state index < -0.39 is 10.0 Å². The molecule has 9 heteroatoms. The number of aromatic nitrogens is 2. The van der Waals surface area contributed by atoms with E-state index in [4.69, 9.17) is 0 Å². The van der Waals surface area contributed by atoms with E-state index in [0.29, 0.717) is 42.5 Å². The minimum absolute atomic E-state index is 0.0503. The van der Waals surface area contributed by atoms with Gasteiger partial charge in [0.2, 0.25) is 15.9 Å². The Balaban J connectivity index is 1.57. The van der Waals surface area contributed by atoms with E-state index in [9.17, 15) is 13.2 Å². The first-order valence-corrected chi connectivity index (χ1v) is 12.0. The molecule has 0 bridgehead atoms. The van der Waals surface area contributed by atoms with Crippen LogP contribution in [-0.4, -0.2) is 48.0 Å². The van der Waals surface area contributed by atoms with Gasteiger partial charge in [0.1, 0.15) is 4.90 Å². The van der Waals surface area contributed by atoms with Gasteiger partial charge in [-0.1, -0.05) is 0 Å². The van der Waals surface area contributed by atoms with Gasteiger partial charge in [-0.3, -0.25) is 9.48 Å². The molecule has 3 rings (SSSR count). The molecule has 3 heterocycles. The van der Waals surface area contributed by atoms with Crippen LogP contribution in [0.2, 0.25) is 0 Å². The number of thiophene rings is 1. The summed E-state index contributed by atoms with van der Waals surface area (Å²) in [6.07, 6.45) is 2.90. The Morgan fingerprint density at radius 3 is 2.61 bits per heavy atom. The molecule has 0 saturated carbocycles. The Labute approximate surface area is 170 Å². The van der Waals surface area contributed by atoms with E-state index in [0.717, 1.165) is 19.3 Å². The summed E-state index contributed by atoms with van der Waals surface area (Å²) in [6.45, 7) is 7.66. The summed E-state index contributed by atoms with van der Waals surface area (Å²) >= 11 is 1.70. The minimum atomic E-state index is -3.51. The molecule has 1 N–H and O–H groups in total. The molecule has 1 saturated heterocycles. The smallest absolute Gasteiger partial charge is 0.246 e. The molecule has 0 spiro atoms. The molecule has 0 aromatic carbocycles. The number of amides is 1. The SMILES string of the molecule is Cc1ccsc1CCNC(=O)CCn1nc(C)c(S(=O)(=O)N2CCCC2)c1C. The Morgan fingerprint density at radius 1 is 1.25 bits per heavy atom. The van der Waals surface area contributed by atoms with Crippen LogP contribution in [0.15, 0.2) is 16.3 Å². The van der Waals surface area contributed by atoms with Crippen molar-refractivity contribution in [2.24, 2.45) is 0 Å². The first kappa shape index (κ1) is 21.0. The fourth-order valence-electron chi connectivity index (χ4n) is 3.60. The molecule has 2 aromatic heterocycles. The van der Waals surface area contributed by atoms with E-state index >= 15 is 0 Å². The number of hydrogen-bond acceptors (Lipinski definition) is 5. The van der Waals surface area contributed by atoms with Gasteiger partial charge in [-0.15, -0.1) is 11.3 Å². The summed E-state index contributed by atoms with van der Waals surface area (Å²) < 4.78 is 29.0. The second-order valence-corrected chi connectivity index (χ2v) is 10.1. The average molecular weight is 425 g/mol. The van der Waals surface area contributed by atoms with Crippen LogP contribution in [0.25, 0.3) is 0 Å². The van der Waals surface area contributed by atoms with Gasteiger partial charge in [0.05, 0.1) is 17.9 Å². The molecule has 1 aliphatic rings. The maximum Gasteiger partial charge on any atom is 0.246 e. The largest absolute Gasteiger partial charge is 0.356 e. The van der Waals surface area contributed by atoms with Gasteiger partial charge in [-0.2, -0.15) is 9.40 Å². The van der Waals surface area contributed by atoms with Crippen molar-refractivity contribution in [3.8, 4) is 0 Å². The third-order valence-corrected chi connectivity index (χ3v) is 8.41. The van der Waals surface area contributed by atoms with E-state index in [2.05, 4.69) is 28.8 Å². The van der Waals surface area contributed by atoms with Crippen molar-refractivity contribution in [3.05, 3.63) is 33.3 Å². The average Bonchev–Trinajstić information content (AvgIpc) is 3.35. The lowest BCUT2D eigenvalue weighted by atomic mass is 10.2. The van der Waals surface area contributed by atoms with Crippen LogP contribution in [0.1, 0.15) is 41.1 Å². The molecule has 154 valence electrons. The number of sulfonamides is 1. The normalized spacial score (nSPS) is 15.2. The van der Waals surface area contributed by atoms with Crippen LogP contribution < -0.4 is 5.32 Å². The molecular weight excluding hydrogens is 396 g/mol. The molecule has 0 unspecified atom stereocenters. The highest BCUT2D eigenvalue weighted by Crippen LogP contribution is 2.26. The van der Waals surface area contributed by atoms with Gasteiger partial charge in [-0.05, 0) is 57.0 Å². The standard InChI is InChI=1S/C19H28N4O3S2/c1-14-8-13-27-17(14)6-9-20-18(24)7-12-23-16(3)19(15(2)21-23)28(25,26)22-10-4-5-11-22/h8,13H,4-7,9-12H2,1-3H3,(H,20,24). The maximum absolute atomic E-state index is 12.9. The second kappa shape index (κ2) is 8.75. The molecule has 0 aliphatic carbocycles. The van der Waals surface area contributed by atoms with Crippen LogP contribution in [0.3, 0.4) is 0 Å². The number of rotatable bonds is 8. The molecule has 1 fully saturated rings. The Morgan fingerprint density at radius 2 is 1.96 bits per heavy atom. The first-order valence-electron chi connectivity index (χ1n) is 9.64. The fraction of sp³-hybridized carbons (Fsp3) is 0.579. The summed E-state index contributed by atoms with van der Waals surface area (Å²) in [7, 11) is -3.51. The molecule has 7 nitrogen and oxygen atoms in total. The van der Waals surface area contributed by atoms with Crippen LogP contribution in [0, 0.1) is 20.8 Å². The number of hydrogen-bond donors (Lipinski definition) is 1. The lowest BCUT2D eigenvalue weighted by molar-refractivity contribution is -0.121. The third-order valence-electron chi connectivity index (χ3n) is 5.17. The van der Waals surface area contributed by atoms with Gasteiger partial charge in [0.15, 0.2) is 0 Å². The topological polar surface area (TPSA) is 84.3 Å². The van der Waals surface area contributed by atoms with E-state index in [1.54, 1.807) is 29.9 Å². The molecule has 2 aromatic rings. The van der Waals surface area contributed by atoms with E-state index in [-0.39, 0.29) is 12.3 Å². The van der Waals surface area contributed by atoms with Gasteiger partial charge in [0.25, 0.3) is 0 Å². The Bertz CT molecular complexity index is 941. The summed E-state index contributed by atoms with van der Waals surface area (Å²) in [5.41, 5.74) is 2.36. The zero-order chi connectivity index (χ0) is 20.3. The minimum Gasteiger partial charge on any atom is -0.356 e. The van der Waals surface area contributed by atoms with Crippen LogP contribution in [0.4, 0.5) is 0 Å². The summed E-state index contributed by atoms with van der Waals surface area (Å²) in [6, 6.07) is 2.08. The molecule has 0 radical (unpaired) electrons. The third kappa shape index (κ3) is 4.47. The maximum atomic E-state index is 12.9. The predicted molar refractivity (Wildman–Crippen MR) is 110 cm³/mol. The first-order chi connectivity index (χ1) is 13.3. The molecular formula is C19H28N4O3S2. The Kier molecular flexibility index (Phi) is 6.57. The number of carbonyl (C=O) groups excluding carboxylic acids is 1. The number of carbonyl (C=O) groups is 1. The van der Waals surface area contributed by atoms with Crippen molar-refractivity contribution < 1.29 is 13.2 Å². The van der Waals surface area contributed by atoms with Crippen molar-refractivity contribution in [3.63, 3.8) is 0 Å². The lowest BCUT2D eigenvalue weighted by Crippen LogP contribution is -2.29. The van der Waals surface area contributed by atoms with E-state index in [1.807, 2.05) is 0 Å². The fourth-order valence-corrected chi connectivity index (χ4v) is 6.40. The van der Waals surface area contributed by atoms with Crippen LogP contribution in [-0.2, 0) is 27.8 Å². The molecule has 28 heavy (non-hydrogen) atoms. The van der Waals surface area contributed by atoms with Crippen molar-refractivity contribution in [2.75, 3.05) is 19.6 Å². The number of nitrogens with one attached hydrogen (secondary N) is 1.